The van der Waals surface area contributed by atoms with Gasteiger partial charge in [0, 0.05) is 12.2 Å². The SMILES string of the molecule is O=C(O)C1Cc2ccccc2N(C(=O)[C@@H]2CCCN2)C1. The predicted molar refractivity (Wildman–Crippen MR) is 74.6 cm³/mol. The smallest absolute Gasteiger partial charge is 0.308 e. The van der Waals surface area contributed by atoms with Gasteiger partial charge in [0.05, 0.1) is 12.0 Å². The predicted octanol–water partition coefficient (Wildman–Crippen LogP) is 1.03. The Bertz CT molecular complexity index is 538. The second-order valence-corrected chi connectivity index (χ2v) is 5.47. The summed E-state index contributed by atoms with van der Waals surface area (Å²) in [5.41, 5.74) is 1.81. The third-order valence-electron chi connectivity index (χ3n) is 4.13. The van der Waals surface area contributed by atoms with Gasteiger partial charge in [0.2, 0.25) is 5.91 Å². The Morgan fingerprint density at radius 3 is 2.80 bits per heavy atom. The van der Waals surface area contributed by atoms with Gasteiger partial charge in [-0.3, -0.25) is 9.59 Å². The van der Waals surface area contributed by atoms with Crippen LogP contribution in [0.3, 0.4) is 0 Å². The van der Waals surface area contributed by atoms with Gasteiger partial charge in [-0.1, -0.05) is 18.2 Å². The van der Waals surface area contributed by atoms with Crippen LogP contribution in [0.15, 0.2) is 24.3 Å². The molecule has 0 radical (unpaired) electrons. The van der Waals surface area contributed by atoms with Gasteiger partial charge in [-0.2, -0.15) is 0 Å². The lowest BCUT2D eigenvalue weighted by Crippen LogP contribution is -2.49. The van der Waals surface area contributed by atoms with E-state index >= 15 is 0 Å². The first-order chi connectivity index (χ1) is 9.66. The Labute approximate surface area is 117 Å². The summed E-state index contributed by atoms with van der Waals surface area (Å²) >= 11 is 0. The molecule has 0 bridgehead atoms. The number of benzene rings is 1. The number of hydrogen-bond acceptors (Lipinski definition) is 3. The molecular formula is C15H18N2O3. The summed E-state index contributed by atoms with van der Waals surface area (Å²) < 4.78 is 0. The number of hydrogen-bond donors (Lipinski definition) is 2. The number of para-hydroxylation sites is 1. The highest BCUT2D eigenvalue weighted by Crippen LogP contribution is 2.30. The molecule has 1 aromatic rings. The van der Waals surface area contributed by atoms with Crippen molar-refractivity contribution in [2.45, 2.75) is 25.3 Å². The molecule has 3 rings (SSSR count). The van der Waals surface area contributed by atoms with E-state index in [4.69, 9.17) is 0 Å². The standard InChI is InChI=1S/C15H18N2O3/c18-14(12-5-3-7-16-12)17-9-11(15(19)20)8-10-4-1-2-6-13(10)17/h1-2,4,6,11-12,16H,3,5,7-9H2,(H,19,20)/t11?,12-/m0/s1. The lowest BCUT2D eigenvalue weighted by molar-refractivity contribution is -0.141. The van der Waals surface area contributed by atoms with Crippen molar-refractivity contribution in [2.24, 2.45) is 5.92 Å². The van der Waals surface area contributed by atoms with Gasteiger partial charge in [-0.25, -0.2) is 0 Å². The summed E-state index contributed by atoms with van der Waals surface area (Å²) in [6.45, 7) is 1.12. The maximum Gasteiger partial charge on any atom is 0.308 e. The zero-order chi connectivity index (χ0) is 14.1. The molecule has 2 heterocycles. The van der Waals surface area contributed by atoms with Crippen LogP contribution in [0.4, 0.5) is 5.69 Å². The number of fused-ring (bicyclic) bond motifs is 1. The third-order valence-corrected chi connectivity index (χ3v) is 4.13. The number of carbonyl (C=O) groups excluding carboxylic acids is 1. The summed E-state index contributed by atoms with van der Waals surface area (Å²) in [5, 5.41) is 12.5. The van der Waals surface area contributed by atoms with E-state index in [1.54, 1.807) is 4.90 Å². The van der Waals surface area contributed by atoms with Gasteiger partial charge in [0.1, 0.15) is 0 Å². The first-order valence-corrected chi connectivity index (χ1v) is 7.02. The van der Waals surface area contributed by atoms with E-state index in [1.165, 1.54) is 0 Å². The third kappa shape index (κ3) is 2.29. The number of carboxylic acid groups (broad SMARTS) is 1. The van der Waals surface area contributed by atoms with Gasteiger partial charge in [-0.15, -0.1) is 0 Å². The zero-order valence-electron chi connectivity index (χ0n) is 11.2. The van der Waals surface area contributed by atoms with Crippen LogP contribution in [-0.4, -0.2) is 36.1 Å². The molecule has 0 saturated carbocycles. The number of carbonyl (C=O) groups is 2. The number of nitrogens with zero attached hydrogens (tertiary/aromatic N) is 1. The van der Waals surface area contributed by atoms with Crippen LogP contribution in [0.2, 0.25) is 0 Å². The lowest BCUT2D eigenvalue weighted by atomic mass is 9.92. The monoisotopic (exact) mass is 274 g/mol. The molecule has 1 aromatic carbocycles. The maximum absolute atomic E-state index is 12.6. The highest BCUT2D eigenvalue weighted by molar-refractivity contribution is 5.99. The average Bonchev–Trinajstić information content (AvgIpc) is 2.99. The minimum absolute atomic E-state index is 0.000833. The molecule has 2 atom stereocenters. The first kappa shape index (κ1) is 13.1. The molecule has 0 spiro atoms. The molecule has 1 amide bonds. The summed E-state index contributed by atoms with van der Waals surface area (Å²) in [6, 6.07) is 7.42. The van der Waals surface area contributed by atoms with E-state index < -0.39 is 11.9 Å². The van der Waals surface area contributed by atoms with Crippen molar-refractivity contribution in [3.8, 4) is 0 Å². The van der Waals surface area contributed by atoms with Crippen molar-refractivity contribution in [3.05, 3.63) is 29.8 Å². The van der Waals surface area contributed by atoms with Crippen LogP contribution in [0.1, 0.15) is 18.4 Å². The first-order valence-electron chi connectivity index (χ1n) is 7.02. The van der Waals surface area contributed by atoms with Crippen LogP contribution in [0, 0.1) is 5.92 Å². The maximum atomic E-state index is 12.6. The Morgan fingerprint density at radius 2 is 2.10 bits per heavy atom. The Hall–Kier alpha value is -1.88. The van der Waals surface area contributed by atoms with Crippen molar-refractivity contribution in [1.82, 2.24) is 5.32 Å². The quantitative estimate of drug-likeness (QED) is 0.845. The van der Waals surface area contributed by atoms with Crippen molar-refractivity contribution >= 4 is 17.6 Å². The number of aliphatic carboxylic acids is 1. The van der Waals surface area contributed by atoms with Crippen molar-refractivity contribution in [1.29, 1.82) is 0 Å². The largest absolute Gasteiger partial charge is 0.481 e. The lowest BCUT2D eigenvalue weighted by Gasteiger charge is -2.34. The summed E-state index contributed by atoms with van der Waals surface area (Å²) in [7, 11) is 0. The topological polar surface area (TPSA) is 69.6 Å². The molecule has 0 aromatic heterocycles. The fourth-order valence-electron chi connectivity index (χ4n) is 3.05. The minimum atomic E-state index is -0.836. The molecule has 5 heteroatoms. The number of anilines is 1. The molecule has 20 heavy (non-hydrogen) atoms. The van der Waals surface area contributed by atoms with Crippen LogP contribution >= 0.6 is 0 Å². The fourth-order valence-corrected chi connectivity index (χ4v) is 3.05. The Morgan fingerprint density at radius 1 is 1.30 bits per heavy atom. The Balaban J connectivity index is 1.91. The molecular weight excluding hydrogens is 256 g/mol. The minimum Gasteiger partial charge on any atom is -0.481 e. The molecule has 106 valence electrons. The van der Waals surface area contributed by atoms with E-state index in [0.29, 0.717) is 6.42 Å². The second-order valence-electron chi connectivity index (χ2n) is 5.47. The van der Waals surface area contributed by atoms with Crippen LogP contribution in [0.25, 0.3) is 0 Å². The van der Waals surface area contributed by atoms with Gasteiger partial charge in [-0.05, 0) is 37.4 Å². The molecule has 1 unspecified atom stereocenters. The zero-order valence-corrected chi connectivity index (χ0v) is 11.2. The normalized spacial score (nSPS) is 25.3. The van der Waals surface area contributed by atoms with E-state index in [9.17, 15) is 14.7 Å². The fraction of sp³-hybridized carbons (Fsp3) is 0.467. The Kier molecular flexibility index (Phi) is 3.44. The highest BCUT2D eigenvalue weighted by Gasteiger charge is 2.35. The van der Waals surface area contributed by atoms with Crippen molar-refractivity contribution in [2.75, 3.05) is 18.0 Å². The van der Waals surface area contributed by atoms with E-state index in [2.05, 4.69) is 5.32 Å². The van der Waals surface area contributed by atoms with Crippen LogP contribution in [0.5, 0.6) is 0 Å². The average molecular weight is 274 g/mol. The highest BCUT2D eigenvalue weighted by atomic mass is 16.4. The van der Waals surface area contributed by atoms with Crippen molar-refractivity contribution in [3.63, 3.8) is 0 Å². The van der Waals surface area contributed by atoms with Gasteiger partial charge >= 0.3 is 5.97 Å². The molecule has 2 aliphatic heterocycles. The van der Waals surface area contributed by atoms with Gasteiger partial charge in [0.15, 0.2) is 0 Å². The number of nitrogens with one attached hydrogen (secondary N) is 1. The van der Waals surface area contributed by atoms with E-state index in [-0.39, 0.29) is 18.5 Å². The molecule has 2 aliphatic rings. The number of rotatable bonds is 2. The van der Waals surface area contributed by atoms with Crippen LogP contribution < -0.4 is 10.2 Å². The molecule has 5 nitrogen and oxygen atoms in total. The van der Waals surface area contributed by atoms with E-state index in [1.807, 2.05) is 24.3 Å². The summed E-state index contributed by atoms with van der Waals surface area (Å²) in [6.07, 6.45) is 2.32. The summed E-state index contributed by atoms with van der Waals surface area (Å²) in [4.78, 5) is 25.6. The molecule has 1 saturated heterocycles. The van der Waals surface area contributed by atoms with Crippen molar-refractivity contribution < 1.29 is 14.7 Å². The molecule has 2 N–H and O–H groups in total. The van der Waals surface area contributed by atoms with Gasteiger partial charge in [0.25, 0.3) is 0 Å². The summed E-state index contributed by atoms with van der Waals surface area (Å²) in [5.74, 6) is -1.35. The van der Waals surface area contributed by atoms with Crippen LogP contribution in [-0.2, 0) is 16.0 Å². The number of amides is 1. The molecule has 1 fully saturated rings. The molecule has 0 aliphatic carbocycles. The van der Waals surface area contributed by atoms with E-state index in [0.717, 1.165) is 30.6 Å². The van der Waals surface area contributed by atoms with Gasteiger partial charge < -0.3 is 15.3 Å². The second kappa shape index (κ2) is 5.25. The number of carboxylic acids is 1.